The molecule has 0 aliphatic rings. The molecular formula is C7H6Cl2O4S. The normalized spacial score (nSPS) is 11.7. The Morgan fingerprint density at radius 3 is 2.29 bits per heavy atom. The van der Waals surface area contributed by atoms with E-state index in [-0.39, 0.29) is 10.0 Å². The molecule has 0 amide bonds. The molecule has 0 saturated carbocycles. The second kappa shape index (κ2) is 3.58. The molecule has 2 N–H and O–H groups in total. The van der Waals surface area contributed by atoms with Gasteiger partial charge in [0.2, 0.25) is 0 Å². The summed E-state index contributed by atoms with van der Waals surface area (Å²) in [5.41, 5.74) is 0.346. The highest BCUT2D eigenvalue weighted by Gasteiger charge is 2.21. The summed E-state index contributed by atoms with van der Waals surface area (Å²) in [6.07, 6.45) is 0. The van der Waals surface area contributed by atoms with Crippen LogP contribution in [0.1, 0.15) is 5.56 Å². The van der Waals surface area contributed by atoms with Gasteiger partial charge in [-0.05, 0) is 18.6 Å². The number of halogens is 2. The van der Waals surface area contributed by atoms with Crippen molar-refractivity contribution in [3.8, 4) is 5.75 Å². The van der Waals surface area contributed by atoms with Crippen LogP contribution in [0.25, 0.3) is 0 Å². The lowest BCUT2D eigenvalue weighted by Gasteiger charge is -2.07. The Balaban J connectivity index is 3.66. The first-order valence-electron chi connectivity index (χ1n) is 3.40. The number of benzene rings is 1. The fourth-order valence-electron chi connectivity index (χ4n) is 0.879. The molecule has 14 heavy (non-hydrogen) atoms. The van der Waals surface area contributed by atoms with Gasteiger partial charge in [0.05, 0.1) is 5.02 Å². The fraction of sp³-hybridized carbons (Fsp3) is 0.143. The molecule has 1 aromatic rings. The topological polar surface area (TPSA) is 74.6 Å². The van der Waals surface area contributed by atoms with Crippen LogP contribution in [0, 0.1) is 6.92 Å². The summed E-state index contributed by atoms with van der Waals surface area (Å²) in [5.74, 6) is -0.698. The molecule has 0 aromatic heterocycles. The van der Waals surface area contributed by atoms with Crippen molar-refractivity contribution in [1.82, 2.24) is 0 Å². The highest BCUT2D eigenvalue weighted by Crippen LogP contribution is 2.37. The summed E-state index contributed by atoms with van der Waals surface area (Å²) in [7, 11) is -4.51. The number of hydrogen-bond acceptors (Lipinski definition) is 3. The number of phenols is 1. The summed E-state index contributed by atoms with van der Waals surface area (Å²) < 4.78 is 30.2. The largest absolute Gasteiger partial charge is 0.505 e. The quantitative estimate of drug-likeness (QED) is 0.756. The zero-order valence-corrected chi connectivity index (χ0v) is 9.28. The summed E-state index contributed by atoms with van der Waals surface area (Å²) >= 11 is 11.2. The van der Waals surface area contributed by atoms with Gasteiger partial charge in [0.25, 0.3) is 10.1 Å². The third kappa shape index (κ3) is 1.95. The van der Waals surface area contributed by atoms with Gasteiger partial charge >= 0.3 is 0 Å². The Bertz CT molecular complexity index is 481. The monoisotopic (exact) mass is 256 g/mol. The van der Waals surface area contributed by atoms with Gasteiger partial charge in [0, 0.05) is 5.02 Å². The zero-order chi connectivity index (χ0) is 11.1. The van der Waals surface area contributed by atoms with Crippen LogP contribution in [0.15, 0.2) is 11.0 Å². The minimum absolute atomic E-state index is 0.0559. The van der Waals surface area contributed by atoms with E-state index in [1.54, 1.807) is 0 Å². The van der Waals surface area contributed by atoms with Crippen molar-refractivity contribution in [2.45, 2.75) is 11.8 Å². The molecule has 0 bridgehead atoms. The molecule has 0 saturated heterocycles. The summed E-state index contributed by atoms with van der Waals surface area (Å²) in [6.45, 7) is 1.51. The van der Waals surface area contributed by atoms with E-state index in [2.05, 4.69) is 0 Å². The van der Waals surface area contributed by atoms with Crippen molar-refractivity contribution in [2.75, 3.05) is 0 Å². The van der Waals surface area contributed by atoms with E-state index in [0.717, 1.165) is 6.07 Å². The standard InChI is InChI=1S/C7H6Cl2O4S/c1-3-4(8)2-5(14(11,12)13)7(10)6(3)9/h2,10H,1H3,(H,11,12,13). The van der Waals surface area contributed by atoms with Gasteiger partial charge in [-0.1, -0.05) is 23.2 Å². The van der Waals surface area contributed by atoms with E-state index in [4.69, 9.17) is 27.8 Å². The molecule has 0 spiro atoms. The van der Waals surface area contributed by atoms with Crippen LogP contribution >= 0.6 is 23.2 Å². The SMILES string of the molecule is Cc1c(Cl)cc(S(=O)(=O)O)c(O)c1Cl. The Kier molecular flexibility index (Phi) is 2.96. The van der Waals surface area contributed by atoms with E-state index < -0.39 is 20.8 Å². The van der Waals surface area contributed by atoms with Crippen molar-refractivity contribution in [3.63, 3.8) is 0 Å². The third-order valence-corrected chi connectivity index (χ3v) is 3.39. The number of hydrogen-bond donors (Lipinski definition) is 2. The molecular weight excluding hydrogens is 251 g/mol. The molecule has 0 heterocycles. The van der Waals surface area contributed by atoms with Crippen LogP contribution < -0.4 is 0 Å². The van der Waals surface area contributed by atoms with Crippen molar-refractivity contribution < 1.29 is 18.1 Å². The minimum Gasteiger partial charge on any atom is -0.505 e. The van der Waals surface area contributed by atoms with Gasteiger partial charge in [0.1, 0.15) is 4.90 Å². The Labute approximate surface area is 90.8 Å². The Morgan fingerprint density at radius 2 is 1.86 bits per heavy atom. The predicted octanol–water partition coefficient (Wildman–Crippen LogP) is 2.25. The van der Waals surface area contributed by atoms with E-state index in [0.29, 0.717) is 5.56 Å². The minimum atomic E-state index is -4.51. The predicted molar refractivity (Wildman–Crippen MR) is 52.7 cm³/mol. The van der Waals surface area contributed by atoms with E-state index in [1.807, 2.05) is 0 Å². The Hall–Kier alpha value is -0.490. The molecule has 4 nitrogen and oxygen atoms in total. The second-order valence-corrected chi connectivity index (χ2v) is 4.79. The second-order valence-electron chi connectivity index (χ2n) is 2.62. The molecule has 0 aliphatic heterocycles. The molecule has 0 aliphatic carbocycles. The van der Waals surface area contributed by atoms with Gasteiger partial charge in [-0.2, -0.15) is 8.42 Å². The molecule has 0 radical (unpaired) electrons. The fourth-order valence-corrected chi connectivity index (χ4v) is 2.07. The lowest BCUT2D eigenvalue weighted by molar-refractivity contribution is 0.443. The maximum absolute atomic E-state index is 10.7. The summed E-state index contributed by atoms with van der Waals surface area (Å²) in [5, 5.41) is 9.17. The highest BCUT2D eigenvalue weighted by molar-refractivity contribution is 7.86. The third-order valence-electron chi connectivity index (χ3n) is 1.66. The lowest BCUT2D eigenvalue weighted by Crippen LogP contribution is -1.99. The molecule has 0 unspecified atom stereocenters. The van der Waals surface area contributed by atoms with E-state index >= 15 is 0 Å². The first-order valence-corrected chi connectivity index (χ1v) is 5.59. The van der Waals surface area contributed by atoms with Crippen molar-refractivity contribution in [1.29, 1.82) is 0 Å². The first-order chi connectivity index (χ1) is 6.25. The summed E-state index contributed by atoms with van der Waals surface area (Å²) in [6, 6.07) is 0.938. The number of rotatable bonds is 1. The number of aromatic hydroxyl groups is 1. The zero-order valence-electron chi connectivity index (χ0n) is 6.95. The first kappa shape index (κ1) is 11.6. The smallest absolute Gasteiger partial charge is 0.298 e. The summed E-state index contributed by atoms with van der Waals surface area (Å²) in [4.78, 5) is -0.696. The van der Waals surface area contributed by atoms with E-state index in [9.17, 15) is 13.5 Å². The Morgan fingerprint density at radius 1 is 1.36 bits per heavy atom. The van der Waals surface area contributed by atoms with Crippen LogP contribution in [0.2, 0.25) is 10.0 Å². The molecule has 0 fully saturated rings. The molecule has 78 valence electrons. The average molecular weight is 257 g/mol. The van der Waals surface area contributed by atoms with Crippen molar-refractivity contribution in [3.05, 3.63) is 21.7 Å². The van der Waals surface area contributed by atoms with Crippen molar-refractivity contribution >= 4 is 33.3 Å². The van der Waals surface area contributed by atoms with Gasteiger partial charge in [-0.25, -0.2) is 0 Å². The van der Waals surface area contributed by atoms with Crippen LogP contribution in [-0.2, 0) is 10.1 Å². The van der Waals surface area contributed by atoms with E-state index in [1.165, 1.54) is 6.92 Å². The van der Waals surface area contributed by atoms with Gasteiger partial charge < -0.3 is 5.11 Å². The van der Waals surface area contributed by atoms with Gasteiger partial charge in [-0.3, -0.25) is 4.55 Å². The maximum atomic E-state index is 10.7. The average Bonchev–Trinajstić information content (AvgIpc) is 2.06. The maximum Gasteiger partial charge on any atom is 0.298 e. The molecule has 1 aromatic carbocycles. The van der Waals surface area contributed by atoms with Gasteiger partial charge in [0.15, 0.2) is 5.75 Å². The molecule has 0 atom stereocenters. The lowest BCUT2D eigenvalue weighted by atomic mass is 10.2. The highest BCUT2D eigenvalue weighted by atomic mass is 35.5. The van der Waals surface area contributed by atoms with Crippen LogP contribution in [-0.4, -0.2) is 18.1 Å². The van der Waals surface area contributed by atoms with Crippen LogP contribution in [0.3, 0.4) is 0 Å². The van der Waals surface area contributed by atoms with Crippen molar-refractivity contribution in [2.24, 2.45) is 0 Å². The molecule has 7 heteroatoms. The van der Waals surface area contributed by atoms with Crippen LogP contribution in [0.5, 0.6) is 5.75 Å². The van der Waals surface area contributed by atoms with Crippen LogP contribution in [0.4, 0.5) is 0 Å². The molecule has 1 rings (SSSR count). The van der Waals surface area contributed by atoms with Gasteiger partial charge in [-0.15, -0.1) is 0 Å². The number of phenolic OH excluding ortho intramolecular Hbond substituents is 1.